The van der Waals surface area contributed by atoms with Gasteiger partial charge in [0.2, 0.25) is 0 Å². The van der Waals surface area contributed by atoms with E-state index in [4.69, 9.17) is 4.74 Å². The Morgan fingerprint density at radius 3 is 2.47 bits per heavy atom. The predicted molar refractivity (Wildman–Crippen MR) is 123 cm³/mol. The van der Waals surface area contributed by atoms with E-state index in [1.54, 1.807) is 0 Å². The Balaban J connectivity index is 1.63. The maximum Gasteiger partial charge on any atom is 0.412 e. The quantitative estimate of drug-likeness (QED) is 0.568. The van der Waals surface area contributed by atoms with Gasteiger partial charge in [-0.2, -0.15) is 0 Å². The van der Waals surface area contributed by atoms with Crippen molar-refractivity contribution in [1.29, 1.82) is 0 Å². The Morgan fingerprint density at radius 1 is 1.03 bits per heavy atom. The van der Waals surface area contributed by atoms with E-state index in [1.807, 2.05) is 0 Å². The summed E-state index contributed by atoms with van der Waals surface area (Å²) >= 11 is 0. The summed E-state index contributed by atoms with van der Waals surface area (Å²) in [5.41, 5.74) is 4.88. The van der Waals surface area contributed by atoms with Crippen LogP contribution in [0.25, 0.3) is 0 Å². The summed E-state index contributed by atoms with van der Waals surface area (Å²) < 4.78 is 5.94. The summed E-state index contributed by atoms with van der Waals surface area (Å²) in [6.45, 7) is 11.9. The Hall–Kier alpha value is -1.51. The van der Waals surface area contributed by atoms with Gasteiger partial charge in [-0.3, -0.25) is 0 Å². The van der Waals surface area contributed by atoms with Gasteiger partial charge in [0, 0.05) is 11.6 Å². The fraction of sp³-hybridized carbons (Fsp3) is 0.741. The molecule has 3 aliphatic carbocycles. The van der Waals surface area contributed by atoms with Crippen molar-refractivity contribution >= 4 is 6.09 Å². The third-order valence-electron chi connectivity index (χ3n) is 8.55. The van der Waals surface area contributed by atoms with E-state index in [9.17, 15) is 4.79 Å². The molecule has 0 bridgehead atoms. The zero-order valence-corrected chi connectivity index (χ0v) is 19.8. The van der Waals surface area contributed by atoms with Gasteiger partial charge in [-0.05, 0) is 78.4 Å². The minimum atomic E-state index is -0.276. The summed E-state index contributed by atoms with van der Waals surface area (Å²) in [5, 5.41) is 3.12. The van der Waals surface area contributed by atoms with Crippen LogP contribution < -0.4 is 10.1 Å². The Bertz CT molecular complexity index is 790. The van der Waals surface area contributed by atoms with Crippen LogP contribution in [-0.4, -0.2) is 12.1 Å². The average Bonchev–Trinajstić information content (AvgIpc) is 2.67. The lowest BCUT2D eigenvalue weighted by molar-refractivity contribution is 0.0404. The van der Waals surface area contributed by atoms with Gasteiger partial charge in [0.25, 0.3) is 0 Å². The SMILES string of the molecule is CC(C)c1c(OC(=O)NC2CCCCC2)ccc2c1CCC1C(C)(C)CCC[C@]21C. The van der Waals surface area contributed by atoms with Crippen LogP contribution in [0.5, 0.6) is 5.75 Å². The molecule has 166 valence electrons. The van der Waals surface area contributed by atoms with Crippen molar-refractivity contribution in [1.82, 2.24) is 5.32 Å². The normalized spacial score (nSPS) is 28.5. The second-order valence-electron chi connectivity index (χ2n) is 11.4. The van der Waals surface area contributed by atoms with Crippen molar-refractivity contribution in [3.05, 3.63) is 28.8 Å². The summed E-state index contributed by atoms with van der Waals surface area (Å²) in [4.78, 5) is 12.7. The standard InChI is InChI=1S/C27H41NO2/c1-18(2)24-20-12-15-23-26(3,4)16-9-17-27(23,5)21(20)13-14-22(24)30-25(29)28-19-10-7-6-8-11-19/h13-14,18-19,23H,6-12,15-17H2,1-5H3,(H,28,29)/t23?,27-/m1/s1. The molecule has 2 atom stereocenters. The third kappa shape index (κ3) is 3.89. The number of hydrogen-bond donors (Lipinski definition) is 1. The first-order chi connectivity index (χ1) is 14.2. The molecular formula is C27H41NO2. The van der Waals surface area contributed by atoms with Crippen LogP contribution in [0, 0.1) is 11.3 Å². The van der Waals surface area contributed by atoms with Gasteiger partial charge in [-0.15, -0.1) is 0 Å². The minimum Gasteiger partial charge on any atom is -0.410 e. The summed E-state index contributed by atoms with van der Waals surface area (Å²) in [7, 11) is 0. The highest BCUT2D eigenvalue weighted by molar-refractivity contribution is 5.72. The largest absolute Gasteiger partial charge is 0.412 e. The number of carbonyl (C=O) groups is 1. The number of benzene rings is 1. The molecule has 0 radical (unpaired) electrons. The number of fused-ring (bicyclic) bond motifs is 3. The van der Waals surface area contributed by atoms with Crippen LogP contribution in [0.2, 0.25) is 0 Å². The molecule has 1 amide bonds. The number of rotatable bonds is 3. The Labute approximate surface area is 183 Å². The number of carbonyl (C=O) groups excluding carboxylic acids is 1. The highest BCUT2D eigenvalue weighted by Crippen LogP contribution is 2.58. The summed E-state index contributed by atoms with van der Waals surface area (Å²) in [5.74, 6) is 1.84. The molecule has 2 saturated carbocycles. The topological polar surface area (TPSA) is 38.3 Å². The summed E-state index contributed by atoms with van der Waals surface area (Å²) in [6.07, 6.45) is 11.8. The first-order valence-corrected chi connectivity index (χ1v) is 12.4. The molecule has 3 heteroatoms. The molecule has 0 aliphatic heterocycles. The highest BCUT2D eigenvalue weighted by Gasteiger charge is 2.50. The molecule has 0 spiro atoms. The van der Waals surface area contributed by atoms with Crippen LogP contribution in [0.4, 0.5) is 4.79 Å². The minimum absolute atomic E-state index is 0.238. The molecular weight excluding hydrogens is 370 g/mol. The predicted octanol–water partition coefficient (Wildman–Crippen LogP) is 7.26. The molecule has 3 aliphatic rings. The molecule has 3 nitrogen and oxygen atoms in total. The molecule has 1 aromatic carbocycles. The van der Waals surface area contributed by atoms with Gasteiger partial charge >= 0.3 is 6.09 Å². The fourth-order valence-corrected chi connectivity index (χ4v) is 7.15. The molecule has 30 heavy (non-hydrogen) atoms. The van der Waals surface area contributed by atoms with Gasteiger partial charge in [-0.1, -0.05) is 66.4 Å². The van der Waals surface area contributed by atoms with Crippen LogP contribution >= 0.6 is 0 Å². The molecule has 1 aromatic rings. The monoisotopic (exact) mass is 411 g/mol. The lowest BCUT2D eigenvalue weighted by Crippen LogP contribution is -2.48. The lowest BCUT2D eigenvalue weighted by atomic mass is 9.50. The Morgan fingerprint density at radius 2 is 1.77 bits per heavy atom. The molecule has 1 unspecified atom stereocenters. The van der Waals surface area contributed by atoms with Gasteiger partial charge in [-0.25, -0.2) is 4.79 Å². The van der Waals surface area contributed by atoms with Gasteiger partial charge < -0.3 is 10.1 Å². The number of ether oxygens (including phenoxy) is 1. The van der Waals surface area contributed by atoms with Gasteiger partial charge in [0.1, 0.15) is 5.75 Å². The second kappa shape index (κ2) is 8.20. The van der Waals surface area contributed by atoms with E-state index in [2.05, 4.69) is 52.1 Å². The van der Waals surface area contributed by atoms with Crippen molar-refractivity contribution in [3.8, 4) is 5.75 Å². The van der Waals surface area contributed by atoms with E-state index < -0.39 is 0 Å². The van der Waals surface area contributed by atoms with Crippen molar-refractivity contribution < 1.29 is 9.53 Å². The summed E-state index contributed by atoms with van der Waals surface area (Å²) in [6, 6.07) is 4.65. The maximum absolute atomic E-state index is 12.7. The first kappa shape index (κ1) is 21.7. The van der Waals surface area contributed by atoms with Crippen molar-refractivity contribution in [3.63, 3.8) is 0 Å². The molecule has 2 fully saturated rings. The van der Waals surface area contributed by atoms with E-state index in [0.717, 1.165) is 30.9 Å². The van der Waals surface area contributed by atoms with Crippen LogP contribution in [0.15, 0.2) is 12.1 Å². The van der Waals surface area contributed by atoms with Crippen LogP contribution in [-0.2, 0) is 11.8 Å². The second-order valence-corrected chi connectivity index (χ2v) is 11.4. The zero-order valence-electron chi connectivity index (χ0n) is 19.8. The Kier molecular flexibility index (Phi) is 5.94. The van der Waals surface area contributed by atoms with E-state index in [-0.39, 0.29) is 17.6 Å². The maximum atomic E-state index is 12.7. The molecule has 0 heterocycles. The highest BCUT2D eigenvalue weighted by atomic mass is 16.6. The van der Waals surface area contributed by atoms with E-state index in [0.29, 0.717) is 11.3 Å². The molecule has 0 saturated heterocycles. The van der Waals surface area contributed by atoms with E-state index >= 15 is 0 Å². The van der Waals surface area contributed by atoms with Crippen LogP contribution in [0.3, 0.4) is 0 Å². The molecule has 0 aromatic heterocycles. The number of amides is 1. The average molecular weight is 412 g/mol. The van der Waals surface area contributed by atoms with Crippen molar-refractivity contribution in [2.75, 3.05) is 0 Å². The zero-order chi connectivity index (χ0) is 21.5. The van der Waals surface area contributed by atoms with Crippen LogP contribution in [0.1, 0.15) is 115 Å². The first-order valence-electron chi connectivity index (χ1n) is 12.4. The third-order valence-corrected chi connectivity index (χ3v) is 8.55. The van der Waals surface area contributed by atoms with Crippen molar-refractivity contribution in [2.24, 2.45) is 11.3 Å². The van der Waals surface area contributed by atoms with E-state index in [1.165, 1.54) is 61.6 Å². The molecule has 4 rings (SSSR count). The molecule has 1 N–H and O–H groups in total. The number of hydrogen-bond acceptors (Lipinski definition) is 2. The fourth-order valence-electron chi connectivity index (χ4n) is 7.15. The smallest absolute Gasteiger partial charge is 0.410 e. The van der Waals surface area contributed by atoms with Gasteiger partial charge in [0.05, 0.1) is 0 Å². The van der Waals surface area contributed by atoms with Gasteiger partial charge in [0.15, 0.2) is 0 Å². The van der Waals surface area contributed by atoms with Crippen molar-refractivity contribution in [2.45, 2.75) is 116 Å². The lowest BCUT2D eigenvalue weighted by Gasteiger charge is -2.54. The number of nitrogens with one attached hydrogen (secondary N) is 1.